The number of pyridine rings is 1. The van der Waals surface area contributed by atoms with Gasteiger partial charge in [0.25, 0.3) is 0 Å². The number of rotatable bonds is 2. The predicted octanol–water partition coefficient (Wildman–Crippen LogP) is 1.65. The quantitative estimate of drug-likeness (QED) is 0.862. The predicted molar refractivity (Wildman–Crippen MR) is 72.0 cm³/mol. The maximum Gasteiger partial charge on any atom is 0.128 e. The van der Waals surface area contributed by atoms with E-state index in [2.05, 4.69) is 29.3 Å². The molecule has 1 aromatic rings. The summed E-state index contributed by atoms with van der Waals surface area (Å²) in [6.45, 7) is 6.79. The first-order chi connectivity index (χ1) is 8.84. The van der Waals surface area contributed by atoms with E-state index in [-0.39, 0.29) is 0 Å². The van der Waals surface area contributed by atoms with Crippen molar-refractivity contribution in [2.24, 2.45) is 0 Å². The zero-order chi connectivity index (χ0) is 12.4. The lowest BCUT2D eigenvalue weighted by molar-refractivity contribution is 0.122. The van der Waals surface area contributed by atoms with Crippen LogP contribution in [0, 0.1) is 6.92 Å². The van der Waals surface area contributed by atoms with E-state index in [1.807, 2.05) is 0 Å². The molecule has 4 heteroatoms. The molecule has 98 valence electrons. The summed E-state index contributed by atoms with van der Waals surface area (Å²) in [5.74, 6) is 1.09. The second-order valence-corrected chi connectivity index (χ2v) is 5.09. The monoisotopic (exact) mass is 247 g/mol. The van der Waals surface area contributed by atoms with Crippen LogP contribution in [0.25, 0.3) is 0 Å². The molecule has 0 aliphatic carbocycles. The molecule has 18 heavy (non-hydrogen) atoms. The van der Waals surface area contributed by atoms with E-state index in [0.29, 0.717) is 6.04 Å². The summed E-state index contributed by atoms with van der Waals surface area (Å²) in [5.41, 5.74) is 2.53. The van der Waals surface area contributed by atoms with Crippen LogP contribution >= 0.6 is 0 Å². The van der Waals surface area contributed by atoms with Crippen molar-refractivity contribution in [1.29, 1.82) is 0 Å². The van der Waals surface area contributed by atoms with Crippen LogP contribution in [0.1, 0.15) is 30.1 Å². The van der Waals surface area contributed by atoms with Gasteiger partial charge in [0, 0.05) is 24.8 Å². The molecule has 1 N–H and O–H groups in total. The van der Waals surface area contributed by atoms with Gasteiger partial charge in [0.2, 0.25) is 0 Å². The Morgan fingerprint density at radius 3 is 2.83 bits per heavy atom. The number of aromatic nitrogens is 1. The topological polar surface area (TPSA) is 37.4 Å². The fourth-order valence-electron chi connectivity index (χ4n) is 2.85. The number of hydrogen-bond donors (Lipinski definition) is 1. The Kier molecular flexibility index (Phi) is 3.48. The molecule has 1 aromatic heterocycles. The molecule has 3 rings (SSSR count). The third-order valence-electron chi connectivity index (χ3n) is 3.88. The van der Waals surface area contributed by atoms with Crippen LogP contribution in [-0.2, 0) is 4.74 Å². The number of anilines is 1. The first-order valence-electron chi connectivity index (χ1n) is 6.88. The summed E-state index contributed by atoms with van der Waals surface area (Å²) < 4.78 is 5.38. The van der Waals surface area contributed by atoms with Crippen LogP contribution in [0.4, 0.5) is 5.82 Å². The van der Waals surface area contributed by atoms with Crippen molar-refractivity contribution in [2.45, 2.75) is 25.8 Å². The smallest absolute Gasteiger partial charge is 0.128 e. The van der Waals surface area contributed by atoms with Crippen molar-refractivity contribution in [3.8, 4) is 0 Å². The third kappa shape index (κ3) is 2.35. The molecular weight excluding hydrogens is 226 g/mol. The van der Waals surface area contributed by atoms with Gasteiger partial charge in [-0.15, -0.1) is 0 Å². The highest BCUT2D eigenvalue weighted by atomic mass is 16.5. The molecule has 2 aliphatic rings. The highest BCUT2D eigenvalue weighted by molar-refractivity contribution is 5.42. The van der Waals surface area contributed by atoms with Gasteiger partial charge in [-0.3, -0.25) is 0 Å². The summed E-state index contributed by atoms with van der Waals surface area (Å²) in [5, 5.41) is 3.54. The van der Waals surface area contributed by atoms with E-state index in [9.17, 15) is 0 Å². The van der Waals surface area contributed by atoms with Crippen molar-refractivity contribution in [2.75, 3.05) is 37.7 Å². The van der Waals surface area contributed by atoms with Crippen molar-refractivity contribution >= 4 is 5.82 Å². The number of aryl methyl sites for hydroxylation is 1. The van der Waals surface area contributed by atoms with Gasteiger partial charge in [0.1, 0.15) is 5.82 Å². The molecule has 3 heterocycles. The van der Waals surface area contributed by atoms with Crippen molar-refractivity contribution in [3.63, 3.8) is 0 Å². The lowest BCUT2D eigenvalue weighted by Crippen LogP contribution is -2.36. The van der Waals surface area contributed by atoms with E-state index >= 15 is 0 Å². The van der Waals surface area contributed by atoms with E-state index < -0.39 is 0 Å². The molecule has 0 saturated carbocycles. The Balaban J connectivity index is 1.79. The van der Waals surface area contributed by atoms with E-state index in [0.717, 1.165) is 38.7 Å². The lowest BCUT2D eigenvalue weighted by atomic mass is 10.0. The van der Waals surface area contributed by atoms with Crippen LogP contribution in [0.2, 0.25) is 0 Å². The molecular formula is C14H21N3O. The molecule has 0 amide bonds. The standard InChI is InChI=1S/C14H21N3O/c1-11-12(13-3-2-6-15-13)4-5-14(16-11)17-7-9-18-10-8-17/h4-5,13,15H,2-3,6-10H2,1H3/t13-/m1/s1. The first kappa shape index (κ1) is 11.9. The molecule has 0 radical (unpaired) electrons. The summed E-state index contributed by atoms with van der Waals surface area (Å²) in [6, 6.07) is 4.92. The van der Waals surface area contributed by atoms with E-state index in [1.165, 1.54) is 24.1 Å². The van der Waals surface area contributed by atoms with Crippen LogP contribution in [0.5, 0.6) is 0 Å². The molecule has 0 unspecified atom stereocenters. The summed E-state index contributed by atoms with van der Waals surface area (Å²) in [7, 11) is 0. The number of nitrogens with zero attached hydrogens (tertiary/aromatic N) is 2. The maximum atomic E-state index is 5.38. The van der Waals surface area contributed by atoms with Gasteiger partial charge < -0.3 is 15.0 Å². The molecule has 0 aromatic carbocycles. The number of morpholine rings is 1. The zero-order valence-corrected chi connectivity index (χ0v) is 11.0. The summed E-state index contributed by atoms with van der Waals surface area (Å²) >= 11 is 0. The number of ether oxygens (including phenoxy) is 1. The number of nitrogens with one attached hydrogen (secondary N) is 1. The van der Waals surface area contributed by atoms with Crippen molar-refractivity contribution < 1.29 is 4.74 Å². The lowest BCUT2D eigenvalue weighted by Gasteiger charge is -2.28. The van der Waals surface area contributed by atoms with Gasteiger partial charge in [-0.25, -0.2) is 4.98 Å². The van der Waals surface area contributed by atoms with Crippen LogP contribution in [-0.4, -0.2) is 37.8 Å². The molecule has 4 nitrogen and oxygen atoms in total. The molecule has 2 fully saturated rings. The van der Waals surface area contributed by atoms with Crippen LogP contribution in [0.15, 0.2) is 12.1 Å². The second kappa shape index (κ2) is 5.24. The van der Waals surface area contributed by atoms with Gasteiger partial charge in [-0.05, 0) is 37.9 Å². The average Bonchev–Trinajstić information content (AvgIpc) is 2.93. The molecule has 1 atom stereocenters. The molecule has 2 aliphatic heterocycles. The maximum absolute atomic E-state index is 5.38. The molecule has 0 spiro atoms. The molecule has 2 saturated heterocycles. The van der Waals surface area contributed by atoms with Gasteiger partial charge >= 0.3 is 0 Å². The Labute approximate surface area is 108 Å². The minimum Gasteiger partial charge on any atom is -0.378 e. The Hall–Kier alpha value is -1.13. The van der Waals surface area contributed by atoms with Crippen molar-refractivity contribution in [3.05, 3.63) is 23.4 Å². The summed E-state index contributed by atoms with van der Waals surface area (Å²) in [6.07, 6.45) is 2.51. The normalized spacial score (nSPS) is 24.5. The van der Waals surface area contributed by atoms with Gasteiger partial charge in [-0.2, -0.15) is 0 Å². The Morgan fingerprint density at radius 2 is 2.17 bits per heavy atom. The minimum absolute atomic E-state index is 0.510. The van der Waals surface area contributed by atoms with E-state index in [4.69, 9.17) is 9.72 Å². The zero-order valence-electron chi connectivity index (χ0n) is 11.0. The highest BCUT2D eigenvalue weighted by Crippen LogP contribution is 2.26. The summed E-state index contributed by atoms with van der Waals surface area (Å²) in [4.78, 5) is 7.08. The number of hydrogen-bond acceptors (Lipinski definition) is 4. The average molecular weight is 247 g/mol. The highest BCUT2D eigenvalue weighted by Gasteiger charge is 2.20. The SMILES string of the molecule is Cc1nc(N2CCOCC2)ccc1[C@H]1CCCN1. The Bertz CT molecular complexity index is 410. The van der Waals surface area contributed by atoms with Crippen molar-refractivity contribution in [1.82, 2.24) is 10.3 Å². The minimum atomic E-state index is 0.510. The fraction of sp³-hybridized carbons (Fsp3) is 0.643. The van der Waals surface area contributed by atoms with Gasteiger partial charge in [-0.1, -0.05) is 6.07 Å². The third-order valence-corrected chi connectivity index (χ3v) is 3.88. The van der Waals surface area contributed by atoms with Gasteiger partial charge in [0.15, 0.2) is 0 Å². The fourth-order valence-corrected chi connectivity index (χ4v) is 2.85. The molecule has 0 bridgehead atoms. The van der Waals surface area contributed by atoms with Crippen LogP contribution in [0.3, 0.4) is 0 Å². The van der Waals surface area contributed by atoms with Gasteiger partial charge in [0.05, 0.1) is 13.2 Å². The first-order valence-corrected chi connectivity index (χ1v) is 6.88. The van der Waals surface area contributed by atoms with E-state index in [1.54, 1.807) is 0 Å². The largest absolute Gasteiger partial charge is 0.378 e. The Morgan fingerprint density at radius 1 is 1.33 bits per heavy atom. The van der Waals surface area contributed by atoms with Crippen LogP contribution < -0.4 is 10.2 Å². The second-order valence-electron chi connectivity index (χ2n) is 5.09.